The number of piperidine rings is 1. The fourth-order valence-corrected chi connectivity index (χ4v) is 5.32. The van der Waals surface area contributed by atoms with Crippen LogP contribution < -0.4 is 4.90 Å². The molecule has 2 aromatic carbocycles. The second-order valence-electron chi connectivity index (χ2n) is 11.3. The zero-order valence-electron chi connectivity index (χ0n) is 23.6. The van der Waals surface area contributed by atoms with Crippen molar-refractivity contribution in [3.8, 4) is 11.1 Å². The molecule has 0 unspecified atom stereocenters. The molecule has 0 atom stereocenters. The van der Waals surface area contributed by atoms with Gasteiger partial charge in [-0.1, -0.05) is 24.3 Å². The number of carbonyl (C=O) groups excluding carboxylic acids is 1. The van der Waals surface area contributed by atoms with Gasteiger partial charge in [-0.25, -0.2) is 0 Å². The zero-order valence-corrected chi connectivity index (χ0v) is 23.6. The van der Waals surface area contributed by atoms with Crippen LogP contribution in [0.3, 0.4) is 0 Å². The maximum Gasteiger partial charge on any atom is 0.416 e. The average molecular weight is 578 g/mol. The van der Waals surface area contributed by atoms with Crippen LogP contribution >= 0.6 is 0 Å². The number of aromatic nitrogens is 1. The number of alkyl halides is 6. The predicted molar refractivity (Wildman–Crippen MR) is 147 cm³/mol. The highest BCUT2D eigenvalue weighted by Gasteiger charge is 2.41. The summed E-state index contributed by atoms with van der Waals surface area (Å²) in [5.74, 6) is -0.444. The van der Waals surface area contributed by atoms with E-state index in [9.17, 15) is 31.1 Å². The highest BCUT2D eigenvalue weighted by atomic mass is 19.4. The molecular formula is C31H33F6N3O. The fraction of sp³-hybridized carbons (Fsp3) is 0.419. The second-order valence-corrected chi connectivity index (χ2v) is 11.3. The molecular weight excluding hydrogens is 544 g/mol. The van der Waals surface area contributed by atoms with Crippen LogP contribution in [0, 0.1) is 6.92 Å². The molecule has 1 saturated heterocycles. The summed E-state index contributed by atoms with van der Waals surface area (Å²) in [5.41, 5.74) is -1.22. The third-order valence-corrected chi connectivity index (χ3v) is 7.99. The highest BCUT2D eigenvalue weighted by molar-refractivity contribution is 6.03. The van der Waals surface area contributed by atoms with Gasteiger partial charge in [0.2, 0.25) is 5.91 Å². The topological polar surface area (TPSA) is 36.4 Å². The van der Waals surface area contributed by atoms with Crippen molar-refractivity contribution in [1.82, 2.24) is 9.88 Å². The quantitative estimate of drug-likeness (QED) is 0.290. The smallest absolute Gasteiger partial charge is 0.313 e. The van der Waals surface area contributed by atoms with E-state index in [4.69, 9.17) is 0 Å². The van der Waals surface area contributed by atoms with E-state index in [1.165, 1.54) is 25.8 Å². The van der Waals surface area contributed by atoms with Crippen molar-refractivity contribution in [2.45, 2.75) is 57.3 Å². The first kappa shape index (κ1) is 30.6. The summed E-state index contributed by atoms with van der Waals surface area (Å²) in [5, 5.41) is 0. The van der Waals surface area contributed by atoms with Gasteiger partial charge < -0.3 is 9.80 Å². The van der Waals surface area contributed by atoms with Gasteiger partial charge in [-0.15, -0.1) is 0 Å². The number of halogens is 6. The molecule has 4 nitrogen and oxygen atoms in total. The van der Waals surface area contributed by atoms with Crippen LogP contribution in [0.4, 0.5) is 32.0 Å². The van der Waals surface area contributed by atoms with Crippen LogP contribution in [-0.2, 0) is 22.6 Å². The average Bonchev–Trinajstić information content (AvgIpc) is 2.91. The van der Waals surface area contributed by atoms with E-state index in [1.54, 1.807) is 6.20 Å². The maximum atomic E-state index is 13.9. The SMILES string of the molecule is Cc1ccccc1-c1cc(C2CCN(C)CC2)ncc1N(C)C(=O)C(C)(C)c1cc(C(F)(F)F)cc(C(F)(F)F)c1. The Morgan fingerprint density at radius 1 is 0.878 bits per heavy atom. The van der Waals surface area contributed by atoms with Gasteiger partial charge in [0.05, 0.1) is 28.4 Å². The van der Waals surface area contributed by atoms with Crippen molar-refractivity contribution in [3.05, 3.63) is 82.7 Å². The lowest BCUT2D eigenvalue weighted by atomic mass is 9.81. The Labute approximate surface area is 236 Å². The number of aryl methyl sites for hydroxylation is 1. The van der Waals surface area contributed by atoms with Crippen molar-refractivity contribution >= 4 is 11.6 Å². The summed E-state index contributed by atoms with van der Waals surface area (Å²) in [4.78, 5) is 22.1. The van der Waals surface area contributed by atoms with Crippen molar-refractivity contribution in [2.24, 2.45) is 0 Å². The van der Waals surface area contributed by atoms with Gasteiger partial charge in [-0.2, -0.15) is 26.3 Å². The first-order valence-corrected chi connectivity index (χ1v) is 13.3. The van der Waals surface area contributed by atoms with E-state index in [-0.39, 0.29) is 17.5 Å². The number of likely N-dealkylation sites (N-methyl/N-ethyl adjacent to an activating group) is 1. The Bertz CT molecular complexity index is 1390. The number of anilines is 1. The van der Waals surface area contributed by atoms with Crippen LogP contribution in [0.15, 0.2) is 54.7 Å². The Kier molecular flexibility index (Phi) is 8.28. The molecule has 3 aromatic rings. The standard InChI is InChI=1S/C31H33F6N3O/c1-19-8-6-7-9-24(19)25-17-26(20-10-12-39(4)13-11-20)38-18-27(25)40(5)28(41)29(2,3)21-14-22(30(32,33)34)16-23(15-21)31(35,36)37/h6-9,14-18,20H,10-13H2,1-5H3. The molecule has 0 radical (unpaired) electrons. The lowest BCUT2D eigenvalue weighted by Crippen LogP contribution is -2.42. The van der Waals surface area contributed by atoms with Gasteiger partial charge >= 0.3 is 12.4 Å². The zero-order chi connectivity index (χ0) is 30.3. The van der Waals surface area contributed by atoms with Crippen LogP contribution in [0.5, 0.6) is 0 Å². The van der Waals surface area contributed by atoms with E-state index in [2.05, 4.69) is 16.9 Å². The van der Waals surface area contributed by atoms with E-state index in [1.807, 2.05) is 37.3 Å². The Morgan fingerprint density at radius 2 is 1.41 bits per heavy atom. The van der Waals surface area contributed by atoms with E-state index < -0.39 is 34.8 Å². The highest BCUT2D eigenvalue weighted by Crippen LogP contribution is 2.41. The number of pyridine rings is 1. The number of nitrogens with zero attached hydrogens (tertiary/aromatic N) is 3. The Morgan fingerprint density at radius 3 is 1.95 bits per heavy atom. The van der Waals surface area contributed by atoms with Gasteiger partial charge in [0, 0.05) is 24.2 Å². The van der Waals surface area contributed by atoms with Gasteiger partial charge in [0.15, 0.2) is 0 Å². The summed E-state index contributed by atoms with van der Waals surface area (Å²) in [7, 11) is 3.53. The van der Waals surface area contributed by atoms with Gasteiger partial charge in [-0.3, -0.25) is 9.78 Å². The summed E-state index contributed by atoms with van der Waals surface area (Å²) in [6, 6.07) is 10.9. The van der Waals surface area contributed by atoms with Crippen molar-refractivity contribution in [1.29, 1.82) is 0 Å². The van der Waals surface area contributed by atoms with Crippen molar-refractivity contribution < 1.29 is 31.1 Å². The molecule has 0 bridgehead atoms. The van der Waals surface area contributed by atoms with Crippen molar-refractivity contribution in [2.75, 3.05) is 32.1 Å². The third-order valence-electron chi connectivity index (χ3n) is 7.99. The van der Waals surface area contributed by atoms with E-state index >= 15 is 0 Å². The molecule has 0 spiro atoms. The molecule has 1 fully saturated rings. The van der Waals surface area contributed by atoms with Crippen LogP contribution in [-0.4, -0.2) is 43.0 Å². The summed E-state index contributed by atoms with van der Waals surface area (Å²) in [6.07, 6.45) is -6.61. The van der Waals surface area contributed by atoms with Crippen molar-refractivity contribution in [3.63, 3.8) is 0 Å². The number of carbonyl (C=O) groups is 1. The summed E-state index contributed by atoms with van der Waals surface area (Å²) >= 11 is 0. The Hall–Kier alpha value is -3.40. The first-order valence-electron chi connectivity index (χ1n) is 13.3. The first-order chi connectivity index (χ1) is 19.0. The molecule has 4 rings (SSSR count). The normalized spacial score (nSPS) is 15.7. The lowest BCUT2D eigenvalue weighted by Gasteiger charge is -2.33. The Balaban J connectivity index is 1.79. The summed E-state index contributed by atoms with van der Waals surface area (Å²) in [6.45, 7) is 6.45. The van der Waals surface area contributed by atoms with E-state index in [0.29, 0.717) is 17.8 Å². The monoisotopic (exact) mass is 577 g/mol. The van der Waals surface area contributed by atoms with Gasteiger partial charge in [0.1, 0.15) is 0 Å². The third kappa shape index (κ3) is 6.42. The molecule has 2 heterocycles. The molecule has 1 amide bonds. The number of benzene rings is 2. The largest absolute Gasteiger partial charge is 0.416 e. The van der Waals surface area contributed by atoms with Gasteiger partial charge in [-0.05, 0) is 94.7 Å². The minimum Gasteiger partial charge on any atom is -0.313 e. The number of hydrogen-bond donors (Lipinski definition) is 0. The summed E-state index contributed by atoms with van der Waals surface area (Å²) < 4.78 is 81.4. The predicted octanol–water partition coefficient (Wildman–Crippen LogP) is 7.84. The van der Waals surface area contributed by atoms with Crippen LogP contribution in [0.25, 0.3) is 11.1 Å². The molecule has 1 aromatic heterocycles. The molecule has 1 aliphatic heterocycles. The minimum atomic E-state index is -5.02. The second kappa shape index (κ2) is 11.1. The molecule has 0 saturated carbocycles. The van der Waals surface area contributed by atoms with Crippen LogP contribution in [0.2, 0.25) is 0 Å². The molecule has 1 aliphatic rings. The number of amides is 1. The molecule has 220 valence electrons. The fourth-order valence-electron chi connectivity index (χ4n) is 5.32. The van der Waals surface area contributed by atoms with Crippen LogP contribution in [0.1, 0.15) is 60.6 Å². The maximum absolute atomic E-state index is 13.9. The minimum absolute atomic E-state index is 0.0652. The van der Waals surface area contributed by atoms with Gasteiger partial charge in [0.25, 0.3) is 0 Å². The number of rotatable bonds is 5. The van der Waals surface area contributed by atoms with E-state index in [0.717, 1.165) is 48.3 Å². The molecule has 0 aliphatic carbocycles. The molecule has 41 heavy (non-hydrogen) atoms. The number of likely N-dealkylation sites (tertiary alicyclic amines) is 1. The number of hydrogen-bond acceptors (Lipinski definition) is 3. The molecule has 0 N–H and O–H groups in total. The molecule has 10 heteroatoms. The lowest BCUT2D eigenvalue weighted by molar-refractivity contribution is -0.143.